The molecule has 0 radical (unpaired) electrons. The van der Waals surface area contributed by atoms with Gasteiger partial charge >= 0.3 is 12.1 Å². The van der Waals surface area contributed by atoms with Gasteiger partial charge in [-0.3, -0.25) is 9.69 Å². The second-order valence-electron chi connectivity index (χ2n) is 7.56. The summed E-state index contributed by atoms with van der Waals surface area (Å²) in [5.74, 6) is -1.56. The molecule has 9 nitrogen and oxygen atoms in total. The van der Waals surface area contributed by atoms with Crippen molar-refractivity contribution < 1.29 is 32.6 Å². The van der Waals surface area contributed by atoms with Crippen LogP contribution in [0.5, 0.6) is 0 Å². The summed E-state index contributed by atoms with van der Waals surface area (Å²) in [4.78, 5) is 30.6. The molecule has 176 valence electrons. The first-order chi connectivity index (χ1) is 15.2. The Kier molecular flexibility index (Phi) is 7.56. The standard InChI is InChI=1S/C18H25N5O2.C2HF3O2/c1-20-5-2-3-16(20)18(24)22-6-4-17-19-13-15(23(17)8-7-22)14-21-9-11-25-12-10-21;3-2(4,5)1(6)7/h2-3,5,13H,4,6-12,14H2,1H3;(H,6,7). The molecule has 32 heavy (non-hydrogen) atoms. The molecule has 1 amide bonds. The Morgan fingerprint density at radius 3 is 2.44 bits per heavy atom. The molecule has 2 aliphatic rings. The van der Waals surface area contributed by atoms with Gasteiger partial charge in [-0.05, 0) is 12.1 Å². The third-order valence-electron chi connectivity index (χ3n) is 5.40. The Morgan fingerprint density at radius 1 is 1.16 bits per heavy atom. The number of ether oxygens (including phenoxy) is 1. The number of fused-ring (bicyclic) bond motifs is 1. The smallest absolute Gasteiger partial charge is 0.475 e. The van der Waals surface area contributed by atoms with Gasteiger partial charge in [0, 0.05) is 65.1 Å². The van der Waals surface area contributed by atoms with Gasteiger partial charge in [0.05, 0.1) is 18.9 Å². The van der Waals surface area contributed by atoms with Crippen LogP contribution >= 0.6 is 0 Å². The van der Waals surface area contributed by atoms with Crippen molar-refractivity contribution in [3.05, 3.63) is 41.7 Å². The van der Waals surface area contributed by atoms with Gasteiger partial charge < -0.3 is 23.9 Å². The van der Waals surface area contributed by atoms with Crippen molar-refractivity contribution >= 4 is 11.9 Å². The van der Waals surface area contributed by atoms with Crippen LogP contribution in [-0.2, 0) is 36.1 Å². The molecule has 2 aromatic heterocycles. The normalized spacial score (nSPS) is 17.2. The minimum Gasteiger partial charge on any atom is -0.475 e. The van der Waals surface area contributed by atoms with Gasteiger partial charge in [-0.15, -0.1) is 0 Å². The summed E-state index contributed by atoms with van der Waals surface area (Å²) >= 11 is 0. The van der Waals surface area contributed by atoms with Crippen LogP contribution in [0, 0.1) is 0 Å². The van der Waals surface area contributed by atoms with Crippen LogP contribution in [0.3, 0.4) is 0 Å². The van der Waals surface area contributed by atoms with Crippen molar-refractivity contribution in [2.24, 2.45) is 7.05 Å². The molecule has 0 aromatic carbocycles. The number of hydrogen-bond acceptors (Lipinski definition) is 5. The van der Waals surface area contributed by atoms with E-state index in [0.29, 0.717) is 0 Å². The summed E-state index contributed by atoms with van der Waals surface area (Å²) in [7, 11) is 1.91. The maximum atomic E-state index is 12.8. The number of hydrogen-bond donors (Lipinski definition) is 1. The topological polar surface area (TPSA) is 92.8 Å². The molecular formula is C20H26F3N5O4. The van der Waals surface area contributed by atoms with E-state index in [2.05, 4.69) is 14.5 Å². The Morgan fingerprint density at radius 2 is 1.84 bits per heavy atom. The van der Waals surface area contributed by atoms with Gasteiger partial charge in [0.2, 0.25) is 0 Å². The number of alkyl halides is 3. The zero-order valence-electron chi connectivity index (χ0n) is 17.7. The van der Waals surface area contributed by atoms with Crippen LogP contribution in [0.25, 0.3) is 0 Å². The summed E-state index contributed by atoms with van der Waals surface area (Å²) in [5, 5.41) is 7.12. The van der Waals surface area contributed by atoms with Crippen LogP contribution in [0.1, 0.15) is 22.0 Å². The van der Waals surface area contributed by atoms with Crippen molar-refractivity contribution in [1.82, 2.24) is 23.9 Å². The summed E-state index contributed by atoms with van der Waals surface area (Å²) < 4.78 is 41.3. The minimum absolute atomic E-state index is 0.105. The number of halogens is 3. The van der Waals surface area contributed by atoms with E-state index < -0.39 is 12.1 Å². The molecule has 12 heteroatoms. The number of morpholine rings is 1. The molecule has 0 aliphatic carbocycles. The maximum Gasteiger partial charge on any atom is 0.490 e. The van der Waals surface area contributed by atoms with Crippen LogP contribution in [0.15, 0.2) is 24.5 Å². The summed E-state index contributed by atoms with van der Waals surface area (Å²) in [5.41, 5.74) is 1.98. The number of aromatic nitrogens is 3. The first-order valence-corrected chi connectivity index (χ1v) is 10.2. The van der Waals surface area contributed by atoms with E-state index in [-0.39, 0.29) is 5.91 Å². The first kappa shape index (κ1) is 23.8. The van der Waals surface area contributed by atoms with E-state index in [0.717, 1.165) is 70.4 Å². The maximum absolute atomic E-state index is 12.8. The van der Waals surface area contributed by atoms with Gasteiger partial charge in [-0.2, -0.15) is 13.2 Å². The highest BCUT2D eigenvalue weighted by Crippen LogP contribution is 2.16. The summed E-state index contributed by atoms with van der Waals surface area (Å²) in [6.07, 6.45) is -0.366. The quantitative estimate of drug-likeness (QED) is 0.749. The van der Waals surface area contributed by atoms with Crippen molar-refractivity contribution in [2.75, 3.05) is 39.4 Å². The van der Waals surface area contributed by atoms with Crippen molar-refractivity contribution in [1.29, 1.82) is 0 Å². The van der Waals surface area contributed by atoms with E-state index in [9.17, 15) is 18.0 Å². The number of carboxylic acids is 1. The molecule has 2 aliphatic heterocycles. The molecule has 1 fully saturated rings. The Hall–Kier alpha value is -2.86. The zero-order valence-corrected chi connectivity index (χ0v) is 17.7. The second kappa shape index (κ2) is 10.2. The first-order valence-electron chi connectivity index (χ1n) is 10.2. The number of nitrogens with zero attached hydrogens (tertiary/aromatic N) is 5. The monoisotopic (exact) mass is 457 g/mol. The fourth-order valence-electron chi connectivity index (χ4n) is 3.66. The van der Waals surface area contributed by atoms with E-state index in [1.165, 1.54) is 5.69 Å². The van der Waals surface area contributed by atoms with Crippen LogP contribution in [-0.4, -0.2) is 86.5 Å². The fraction of sp³-hybridized carbons (Fsp3) is 0.550. The molecule has 1 saturated heterocycles. The Bertz CT molecular complexity index is 934. The predicted molar refractivity (Wildman–Crippen MR) is 107 cm³/mol. The Labute approximate surface area is 183 Å². The molecule has 0 saturated carbocycles. The highest BCUT2D eigenvalue weighted by Gasteiger charge is 2.38. The molecule has 0 unspecified atom stereocenters. The lowest BCUT2D eigenvalue weighted by Gasteiger charge is -2.27. The molecular weight excluding hydrogens is 431 g/mol. The molecule has 0 atom stereocenters. The fourth-order valence-corrected chi connectivity index (χ4v) is 3.66. The van der Waals surface area contributed by atoms with Crippen LogP contribution < -0.4 is 0 Å². The number of amides is 1. The number of imidazole rings is 1. The molecule has 4 heterocycles. The van der Waals surface area contributed by atoms with Gasteiger partial charge in [0.25, 0.3) is 5.91 Å². The number of aliphatic carboxylic acids is 1. The van der Waals surface area contributed by atoms with E-state index in [4.69, 9.17) is 14.6 Å². The SMILES string of the molecule is Cn1cccc1C(=O)N1CCc2ncc(CN3CCOCC3)n2CC1.O=C(O)C(F)(F)F. The third-order valence-corrected chi connectivity index (χ3v) is 5.40. The molecule has 2 aromatic rings. The number of carbonyl (C=O) groups excluding carboxylic acids is 1. The molecule has 4 rings (SSSR count). The summed E-state index contributed by atoms with van der Waals surface area (Å²) in [6.45, 7) is 6.71. The molecule has 1 N–H and O–H groups in total. The summed E-state index contributed by atoms with van der Waals surface area (Å²) in [6, 6.07) is 3.80. The van der Waals surface area contributed by atoms with Crippen molar-refractivity contribution in [2.45, 2.75) is 25.7 Å². The lowest BCUT2D eigenvalue weighted by molar-refractivity contribution is -0.192. The van der Waals surface area contributed by atoms with Gasteiger partial charge in [-0.25, -0.2) is 9.78 Å². The van der Waals surface area contributed by atoms with Gasteiger partial charge in [0.1, 0.15) is 11.5 Å². The Balaban J connectivity index is 0.000000360. The van der Waals surface area contributed by atoms with Crippen molar-refractivity contribution in [3.63, 3.8) is 0 Å². The third kappa shape index (κ3) is 5.88. The zero-order chi connectivity index (χ0) is 23.3. The average molecular weight is 457 g/mol. The van der Waals surface area contributed by atoms with E-state index in [1.807, 2.05) is 41.0 Å². The minimum atomic E-state index is -5.08. The van der Waals surface area contributed by atoms with Crippen LogP contribution in [0.4, 0.5) is 13.2 Å². The number of carbonyl (C=O) groups is 2. The van der Waals surface area contributed by atoms with Crippen molar-refractivity contribution in [3.8, 4) is 0 Å². The predicted octanol–water partition coefficient (Wildman–Crippen LogP) is 1.39. The second-order valence-corrected chi connectivity index (χ2v) is 7.56. The lowest BCUT2D eigenvalue weighted by Crippen LogP contribution is -2.36. The number of carboxylic acid groups (broad SMARTS) is 1. The highest BCUT2D eigenvalue weighted by molar-refractivity contribution is 5.92. The lowest BCUT2D eigenvalue weighted by atomic mass is 10.3. The number of aryl methyl sites for hydroxylation is 1. The number of rotatable bonds is 3. The van der Waals surface area contributed by atoms with E-state index in [1.54, 1.807) is 0 Å². The van der Waals surface area contributed by atoms with Gasteiger partial charge in [0.15, 0.2) is 0 Å². The molecule has 0 bridgehead atoms. The largest absolute Gasteiger partial charge is 0.490 e. The molecule has 0 spiro atoms. The van der Waals surface area contributed by atoms with Gasteiger partial charge in [-0.1, -0.05) is 0 Å². The van der Waals surface area contributed by atoms with E-state index >= 15 is 0 Å². The highest BCUT2D eigenvalue weighted by atomic mass is 19.4. The average Bonchev–Trinajstić information content (AvgIpc) is 3.27. The van der Waals surface area contributed by atoms with Crippen LogP contribution in [0.2, 0.25) is 0 Å².